The van der Waals surface area contributed by atoms with Crippen LogP contribution in [0.15, 0.2) is 0 Å². The summed E-state index contributed by atoms with van der Waals surface area (Å²) >= 11 is 0. The van der Waals surface area contributed by atoms with Crippen LogP contribution < -0.4 is 5.32 Å². The molecule has 1 aliphatic heterocycles. The van der Waals surface area contributed by atoms with Crippen LogP contribution in [-0.4, -0.2) is 87.5 Å². The van der Waals surface area contributed by atoms with Crippen molar-refractivity contribution in [1.29, 1.82) is 0 Å². The van der Waals surface area contributed by atoms with Gasteiger partial charge in [0.1, 0.15) is 24.4 Å². The van der Waals surface area contributed by atoms with E-state index in [2.05, 4.69) is 19.2 Å². The predicted octanol–water partition coefficient (Wildman–Crippen LogP) is 9.56. The van der Waals surface area contributed by atoms with E-state index < -0.39 is 49.5 Å². The van der Waals surface area contributed by atoms with E-state index in [0.29, 0.717) is 12.8 Å². The zero-order valence-corrected chi connectivity index (χ0v) is 35.3. The molecular formula is C45H89NO8. The van der Waals surface area contributed by atoms with E-state index >= 15 is 0 Å². The number of aliphatic hydroxyl groups is 5. The smallest absolute Gasteiger partial charge is 0.220 e. The van der Waals surface area contributed by atoms with Crippen molar-refractivity contribution < 1.29 is 39.8 Å². The van der Waals surface area contributed by atoms with E-state index in [1.807, 2.05) is 0 Å². The van der Waals surface area contributed by atoms with Crippen molar-refractivity contribution in [3.05, 3.63) is 0 Å². The molecule has 1 amide bonds. The number of carbonyl (C=O) groups excluding carboxylic acids is 1. The first-order valence-electron chi connectivity index (χ1n) is 23.2. The van der Waals surface area contributed by atoms with Crippen molar-refractivity contribution in [3.63, 3.8) is 0 Å². The number of aliphatic hydroxyl groups excluding tert-OH is 5. The summed E-state index contributed by atoms with van der Waals surface area (Å²) in [5, 5.41) is 54.3. The van der Waals surface area contributed by atoms with Crippen LogP contribution in [0.3, 0.4) is 0 Å². The van der Waals surface area contributed by atoms with Crippen LogP contribution in [0.2, 0.25) is 0 Å². The minimum absolute atomic E-state index is 0.132. The number of rotatable bonds is 39. The first kappa shape index (κ1) is 51.2. The fourth-order valence-electron chi connectivity index (χ4n) is 7.69. The van der Waals surface area contributed by atoms with Gasteiger partial charge in [-0.2, -0.15) is 0 Å². The highest BCUT2D eigenvalue weighted by atomic mass is 16.7. The first-order valence-corrected chi connectivity index (χ1v) is 23.2. The average Bonchev–Trinajstić information content (AvgIpc) is 3.17. The Morgan fingerprint density at radius 3 is 1.31 bits per heavy atom. The van der Waals surface area contributed by atoms with E-state index in [9.17, 15) is 30.3 Å². The van der Waals surface area contributed by atoms with Gasteiger partial charge in [0.2, 0.25) is 5.91 Å². The Bertz CT molecular complexity index is 817. The topological polar surface area (TPSA) is 149 Å². The van der Waals surface area contributed by atoms with Crippen LogP contribution in [0.4, 0.5) is 0 Å². The molecule has 1 fully saturated rings. The van der Waals surface area contributed by atoms with Crippen LogP contribution in [-0.2, 0) is 14.3 Å². The average molecular weight is 772 g/mol. The number of carbonyl (C=O) groups is 1. The third-order valence-electron chi connectivity index (χ3n) is 11.5. The van der Waals surface area contributed by atoms with Crippen molar-refractivity contribution in [2.24, 2.45) is 0 Å². The molecule has 1 heterocycles. The molecule has 9 heteroatoms. The minimum Gasteiger partial charge on any atom is -0.394 e. The lowest BCUT2D eigenvalue weighted by molar-refractivity contribution is -0.302. The SMILES string of the molecule is CCCCCCCCCCCCCCCCCCCC(=O)N[C@@H](CO[C@H]1O[C@@H](CO)[C@H](O)C(O)C1O)[C@H](O)CCCCCCCCCCCCCCCC. The summed E-state index contributed by atoms with van der Waals surface area (Å²) in [4.78, 5) is 13.0. The molecule has 0 radical (unpaired) electrons. The van der Waals surface area contributed by atoms with Crippen molar-refractivity contribution in [2.45, 2.75) is 269 Å². The van der Waals surface area contributed by atoms with Crippen LogP contribution in [0.5, 0.6) is 0 Å². The van der Waals surface area contributed by atoms with E-state index in [4.69, 9.17) is 9.47 Å². The number of hydrogen-bond donors (Lipinski definition) is 6. The van der Waals surface area contributed by atoms with Gasteiger partial charge in [-0.1, -0.05) is 206 Å². The molecule has 0 aromatic rings. The second-order valence-corrected chi connectivity index (χ2v) is 16.6. The molecular weight excluding hydrogens is 682 g/mol. The highest BCUT2D eigenvalue weighted by Gasteiger charge is 2.44. The molecule has 0 aromatic carbocycles. The summed E-state index contributed by atoms with van der Waals surface area (Å²) in [7, 11) is 0. The standard InChI is InChI=1S/C45H89NO8/c1-3-5-7-9-11-13-15-17-19-20-21-23-25-27-29-31-33-35-41(49)46-38(37-53-45-44(52)43(51)42(50)40(36-47)54-45)39(48)34-32-30-28-26-24-22-18-16-14-12-10-8-6-4-2/h38-40,42-45,47-48,50-52H,3-37H2,1-2H3,(H,46,49)/t38-,39+,40-,42-,43?,44?,45-/m0/s1. The van der Waals surface area contributed by atoms with Crippen LogP contribution >= 0.6 is 0 Å². The van der Waals surface area contributed by atoms with E-state index in [0.717, 1.165) is 38.5 Å². The zero-order chi connectivity index (χ0) is 39.5. The summed E-state index contributed by atoms with van der Waals surface area (Å²) in [6.07, 6.45) is 32.5. The molecule has 0 saturated carbocycles. The van der Waals surface area contributed by atoms with E-state index in [-0.39, 0.29) is 12.5 Å². The Kier molecular flexibility index (Phi) is 34.6. The lowest BCUT2D eigenvalue weighted by atomic mass is 9.99. The molecule has 1 aliphatic rings. The molecule has 322 valence electrons. The van der Waals surface area contributed by atoms with Gasteiger partial charge in [0, 0.05) is 6.42 Å². The van der Waals surface area contributed by atoms with Gasteiger partial charge in [0.25, 0.3) is 0 Å². The Hall–Kier alpha value is -0.810. The zero-order valence-electron chi connectivity index (χ0n) is 35.3. The van der Waals surface area contributed by atoms with Gasteiger partial charge in [-0.05, 0) is 12.8 Å². The number of unbranched alkanes of at least 4 members (excludes halogenated alkanes) is 29. The van der Waals surface area contributed by atoms with Crippen molar-refractivity contribution >= 4 is 5.91 Å². The summed E-state index contributed by atoms with van der Waals surface area (Å²) in [5.74, 6) is -0.140. The molecule has 9 nitrogen and oxygen atoms in total. The maximum atomic E-state index is 13.0. The predicted molar refractivity (Wildman–Crippen MR) is 221 cm³/mol. The van der Waals surface area contributed by atoms with E-state index in [1.54, 1.807) is 0 Å². The molecule has 1 rings (SSSR count). The van der Waals surface area contributed by atoms with Gasteiger partial charge in [0.15, 0.2) is 6.29 Å². The van der Waals surface area contributed by atoms with E-state index in [1.165, 1.54) is 161 Å². The molecule has 0 spiro atoms. The fraction of sp³-hybridized carbons (Fsp3) is 0.978. The summed E-state index contributed by atoms with van der Waals surface area (Å²) in [6.45, 7) is 3.85. The number of amides is 1. The highest BCUT2D eigenvalue weighted by molar-refractivity contribution is 5.76. The summed E-state index contributed by atoms with van der Waals surface area (Å²) < 4.78 is 11.3. The Morgan fingerprint density at radius 1 is 0.556 bits per heavy atom. The largest absolute Gasteiger partial charge is 0.394 e. The van der Waals surface area contributed by atoms with Gasteiger partial charge in [-0.3, -0.25) is 4.79 Å². The van der Waals surface area contributed by atoms with Gasteiger partial charge in [-0.25, -0.2) is 0 Å². The third kappa shape index (κ3) is 26.9. The molecule has 54 heavy (non-hydrogen) atoms. The third-order valence-corrected chi connectivity index (χ3v) is 11.5. The van der Waals surface area contributed by atoms with Crippen molar-refractivity contribution in [3.8, 4) is 0 Å². The second kappa shape index (κ2) is 36.5. The molecule has 0 aliphatic carbocycles. The number of ether oxygens (including phenoxy) is 2. The lowest BCUT2D eigenvalue weighted by Gasteiger charge is -2.40. The van der Waals surface area contributed by atoms with Crippen molar-refractivity contribution in [1.82, 2.24) is 5.32 Å². The van der Waals surface area contributed by atoms with Crippen LogP contribution in [0.25, 0.3) is 0 Å². The molecule has 1 saturated heterocycles. The number of hydrogen-bond acceptors (Lipinski definition) is 8. The Morgan fingerprint density at radius 2 is 0.926 bits per heavy atom. The fourth-order valence-corrected chi connectivity index (χ4v) is 7.69. The maximum absolute atomic E-state index is 13.0. The monoisotopic (exact) mass is 772 g/mol. The highest BCUT2D eigenvalue weighted by Crippen LogP contribution is 2.23. The molecule has 0 bridgehead atoms. The maximum Gasteiger partial charge on any atom is 0.220 e. The van der Waals surface area contributed by atoms with Crippen LogP contribution in [0, 0.1) is 0 Å². The molecule has 0 aromatic heterocycles. The first-order chi connectivity index (χ1) is 26.3. The number of nitrogens with one attached hydrogen (secondary N) is 1. The normalized spacial score (nSPS) is 21.4. The van der Waals surface area contributed by atoms with Gasteiger partial charge >= 0.3 is 0 Å². The molecule has 2 unspecified atom stereocenters. The summed E-state index contributed by atoms with van der Waals surface area (Å²) in [6, 6.07) is -0.711. The second-order valence-electron chi connectivity index (χ2n) is 16.6. The lowest BCUT2D eigenvalue weighted by Crippen LogP contribution is -2.60. The Labute approximate surface area is 332 Å². The van der Waals surface area contributed by atoms with Crippen LogP contribution in [0.1, 0.15) is 226 Å². The van der Waals surface area contributed by atoms with Gasteiger partial charge < -0.3 is 40.3 Å². The molecule has 6 N–H and O–H groups in total. The molecule has 7 atom stereocenters. The minimum atomic E-state index is -1.55. The Balaban J connectivity index is 2.31. The van der Waals surface area contributed by atoms with Gasteiger partial charge in [0.05, 0.1) is 25.4 Å². The quantitative estimate of drug-likeness (QED) is 0.0339. The summed E-state index contributed by atoms with van der Waals surface area (Å²) in [5.41, 5.74) is 0. The van der Waals surface area contributed by atoms with Gasteiger partial charge in [-0.15, -0.1) is 0 Å². The van der Waals surface area contributed by atoms with Crippen molar-refractivity contribution in [2.75, 3.05) is 13.2 Å².